The molecular weight excluding hydrogens is 538 g/mol. The predicted molar refractivity (Wildman–Crippen MR) is 159 cm³/mol. The van der Waals surface area contributed by atoms with Gasteiger partial charge >= 0.3 is 0 Å². The fourth-order valence-electron chi connectivity index (χ4n) is 7.92. The molecule has 2 saturated heterocycles. The molecule has 0 radical (unpaired) electrons. The van der Waals surface area contributed by atoms with E-state index in [-0.39, 0.29) is 0 Å². The highest BCUT2D eigenvalue weighted by atomic mass is 16.6. The summed E-state index contributed by atoms with van der Waals surface area (Å²) in [5, 5.41) is 9.47. The van der Waals surface area contributed by atoms with Crippen molar-refractivity contribution in [3.8, 4) is 0 Å². The minimum absolute atomic E-state index is 0.595. The lowest BCUT2D eigenvalue weighted by Gasteiger charge is -2.56. The molecule has 0 aromatic carbocycles. The summed E-state index contributed by atoms with van der Waals surface area (Å²) >= 11 is 0. The van der Waals surface area contributed by atoms with Crippen LogP contribution in [0.15, 0.2) is 110 Å². The first-order valence-electron chi connectivity index (χ1n) is 14.9. The molecule has 0 saturated carbocycles. The zero-order chi connectivity index (χ0) is 28.7. The number of hydrogen-bond donors (Lipinski definition) is 2. The molecule has 0 bridgehead atoms. The van der Waals surface area contributed by atoms with Gasteiger partial charge in [0.1, 0.15) is 22.8 Å². The number of aromatic amines is 2. The lowest BCUT2D eigenvalue weighted by molar-refractivity contribution is -0.240. The molecule has 5 aromatic rings. The van der Waals surface area contributed by atoms with Crippen LogP contribution in [0.3, 0.4) is 0 Å². The van der Waals surface area contributed by atoms with Crippen LogP contribution in [0.2, 0.25) is 0 Å². The maximum Gasteiger partial charge on any atom is 0.219 e. The molecule has 8 rings (SSSR count). The van der Waals surface area contributed by atoms with Crippen LogP contribution in [0, 0.1) is 0 Å². The highest BCUT2D eigenvalue weighted by Gasteiger charge is 2.82. The third-order valence-corrected chi connectivity index (χ3v) is 9.35. The van der Waals surface area contributed by atoms with E-state index in [1.165, 1.54) is 0 Å². The van der Waals surface area contributed by atoms with E-state index >= 15 is 0 Å². The topological polar surface area (TPSA) is 112 Å². The number of aromatic nitrogens is 7. The summed E-state index contributed by atoms with van der Waals surface area (Å²) in [6, 6.07) is 20.2. The SMILES string of the molecule is C1=CN(C2(N3CCCC3)OC(c3ccc[nH]3)C(c3ccccn3)(c3ncccn3)C2(c2cccnn2)c2ccc[nH]2)CC1. The van der Waals surface area contributed by atoms with Gasteiger partial charge in [-0.25, -0.2) is 9.97 Å². The summed E-state index contributed by atoms with van der Waals surface area (Å²) in [6.07, 6.45) is 17.9. The van der Waals surface area contributed by atoms with Crippen LogP contribution in [0.4, 0.5) is 0 Å². The third kappa shape index (κ3) is 3.44. The van der Waals surface area contributed by atoms with Crippen LogP contribution in [-0.2, 0) is 15.6 Å². The van der Waals surface area contributed by atoms with E-state index in [0.717, 1.165) is 61.7 Å². The van der Waals surface area contributed by atoms with Gasteiger partial charge in [0.25, 0.3) is 0 Å². The lowest BCUT2D eigenvalue weighted by Crippen LogP contribution is -2.72. The smallest absolute Gasteiger partial charge is 0.219 e. The molecule has 2 N–H and O–H groups in total. The Balaban J connectivity index is 1.63. The first-order valence-corrected chi connectivity index (χ1v) is 14.9. The molecule has 3 aliphatic rings. The average Bonchev–Trinajstić information content (AvgIpc) is 3.92. The molecule has 2 fully saturated rings. The zero-order valence-corrected chi connectivity index (χ0v) is 23.8. The second kappa shape index (κ2) is 10.3. The van der Waals surface area contributed by atoms with Crippen molar-refractivity contribution in [3.63, 3.8) is 0 Å². The van der Waals surface area contributed by atoms with E-state index < -0.39 is 22.8 Å². The molecule has 0 amide bonds. The van der Waals surface area contributed by atoms with Crippen molar-refractivity contribution in [1.29, 1.82) is 0 Å². The maximum absolute atomic E-state index is 7.84. The quantitative estimate of drug-likeness (QED) is 0.297. The summed E-state index contributed by atoms with van der Waals surface area (Å²) in [5.74, 6) is -0.470. The van der Waals surface area contributed by atoms with Crippen LogP contribution >= 0.6 is 0 Å². The Hall–Kier alpha value is -4.67. The molecule has 4 atom stereocenters. The summed E-state index contributed by atoms with van der Waals surface area (Å²) < 4.78 is 7.84. The Labute approximate surface area is 249 Å². The van der Waals surface area contributed by atoms with E-state index in [2.05, 4.69) is 61.4 Å². The number of H-pyrrole nitrogens is 2. The minimum Gasteiger partial charge on any atom is -0.364 e. The van der Waals surface area contributed by atoms with E-state index in [0.29, 0.717) is 5.82 Å². The van der Waals surface area contributed by atoms with Gasteiger partial charge in [0.15, 0.2) is 0 Å². The molecule has 10 heteroatoms. The first-order chi connectivity index (χ1) is 21.3. The second-order valence-corrected chi connectivity index (χ2v) is 11.3. The molecule has 3 aliphatic heterocycles. The summed E-state index contributed by atoms with van der Waals surface area (Å²) in [4.78, 5) is 27.3. The van der Waals surface area contributed by atoms with Crippen LogP contribution in [0.1, 0.15) is 54.0 Å². The van der Waals surface area contributed by atoms with Crippen molar-refractivity contribution in [3.05, 3.63) is 139 Å². The minimum atomic E-state index is -1.12. The molecule has 0 spiro atoms. The second-order valence-electron chi connectivity index (χ2n) is 11.3. The predicted octanol–water partition coefficient (Wildman–Crippen LogP) is 4.33. The van der Waals surface area contributed by atoms with Gasteiger partial charge in [0.2, 0.25) is 5.85 Å². The van der Waals surface area contributed by atoms with E-state index in [1.807, 2.05) is 55.0 Å². The molecule has 0 aliphatic carbocycles. The number of likely N-dealkylation sites (tertiary alicyclic amines) is 1. The summed E-state index contributed by atoms with van der Waals surface area (Å²) in [5.41, 5.74) is 1.14. The number of ether oxygens (including phenoxy) is 1. The molecule has 216 valence electrons. The van der Waals surface area contributed by atoms with Crippen LogP contribution in [0.25, 0.3) is 0 Å². The van der Waals surface area contributed by atoms with Crippen molar-refractivity contribution in [2.75, 3.05) is 19.6 Å². The highest BCUT2D eigenvalue weighted by molar-refractivity contribution is 5.56. The van der Waals surface area contributed by atoms with E-state index in [4.69, 9.17) is 24.8 Å². The van der Waals surface area contributed by atoms with Crippen molar-refractivity contribution >= 4 is 0 Å². The summed E-state index contributed by atoms with van der Waals surface area (Å²) in [6.45, 7) is 2.50. The fraction of sp³-hybridized carbons (Fsp3) is 0.303. The van der Waals surface area contributed by atoms with Gasteiger partial charge in [-0.15, -0.1) is 0 Å². The third-order valence-electron chi connectivity index (χ3n) is 9.35. The largest absolute Gasteiger partial charge is 0.364 e. The Morgan fingerprint density at radius 1 is 0.767 bits per heavy atom. The Kier molecular flexibility index (Phi) is 6.20. The molecular formula is C33H33N9O. The zero-order valence-electron chi connectivity index (χ0n) is 23.8. The number of pyridine rings is 1. The van der Waals surface area contributed by atoms with Crippen LogP contribution < -0.4 is 0 Å². The monoisotopic (exact) mass is 571 g/mol. The maximum atomic E-state index is 7.84. The van der Waals surface area contributed by atoms with Gasteiger partial charge in [-0.2, -0.15) is 10.2 Å². The average molecular weight is 572 g/mol. The Morgan fingerprint density at radius 2 is 1.58 bits per heavy atom. The van der Waals surface area contributed by atoms with E-state index in [1.54, 1.807) is 18.6 Å². The van der Waals surface area contributed by atoms with Gasteiger partial charge < -0.3 is 19.6 Å². The molecule has 8 heterocycles. The highest BCUT2D eigenvalue weighted by Crippen LogP contribution is 2.70. The van der Waals surface area contributed by atoms with Crippen molar-refractivity contribution < 1.29 is 4.74 Å². The standard InChI is InChI=1S/C33H33N9O/c1-2-15-35-26(12-1)31(30-37-18-10-19-38-30)29(25-11-7-16-34-25)43-33(41-21-3-4-22-41,42-23-5-6-24-42)32(31,27-13-8-17-36-27)28-14-9-20-39-40-28/h1-3,7-21,29,34,36H,4-6,22-24H2. The molecule has 4 unspecified atom stereocenters. The first kappa shape index (κ1) is 26.0. The van der Waals surface area contributed by atoms with Gasteiger partial charge in [-0.1, -0.05) is 12.1 Å². The molecule has 10 nitrogen and oxygen atoms in total. The van der Waals surface area contributed by atoms with Crippen LogP contribution in [-0.4, -0.2) is 70.4 Å². The van der Waals surface area contributed by atoms with Crippen LogP contribution in [0.5, 0.6) is 0 Å². The number of nitrogens with one attached hydrogen (secondary N) is 2. The van der Waals surface area contributed by atoms with Gasteiger partial charge in [0, 0.05) is 68.2 Å². The van der Waals surface area contributed by atoms with Gasteiger partial charge in [-0.05, 0) is 80.1 Å². The Bertz CT molecular complexity index is 1630. The molecule has 5 aromatic heterocycles. The van der Waals surface area contributed by atoms with E-state index in [9.17, 15) is 0 Å². The van der Waals surface area contributed by atoms with Crippen molar-refractivity contribution in [2.45, 2.75) is 42.0 Å². The Morgan fingerprint density at radius 3 is 2.26 bits per heavy atom. The summed E-state index contributed by atoms with van der Waals surface area (Å²) in [7, 11) is 0. The van der Waals surface area contributed by atoms with Gasteiger partial charge in [-0.3, -0.25) is 9.88 Å². The van der Waals surface area contributed by atoms with Gasteiger partial charge in [0.05, 0.1) is 11.4 Å². The fourth-order valence-corrected chi connectivity index (χ4v) is 7.92. The molecule has 43 heavy (non-hydrogen) atoms. The number of rotatable bonds is 7. The normalized spacial score (nSPS) is 29.0. The number of nitrogens with zero attached hydrogens (tertiary/aromatic N) is 7. The van der Waals surface area contributed by atoms with Crippen molar-refractivity contribution in [2.24, 2.45) is 0 Å². The lowest BCUT2D eigenvalue weighted by atomic mass is 9.53. The number of hydrogen-bond acceptors (Lipinski definition) is 8. The van der Waals surface area contributed by atoms with Crippen molar-refractivity contribution in [1.82, 2.24) is 44.9 Å².